The van der Waals surface area contributed by atoms with Crippen molar-refractivity contribution >= 4 is 0 Å². The van der Waals surface area contributed by atoms with Crippen LogP contribution < -0.4 is 5.73 Å². The Balaban J connectivity index is 1.85. The van der Waals surface area contributed by atoms with E-state index in [0.29, 0.717) is 12.0 Å². The molecule has 0 radical (unpaired) electrons. The summed E-state index contributed by atoms with van der Waals surface area (Å²) in [6.07, 6.45) is 11.5. The van der Waals surface area contributed by atoms with E-state index < -0.39 is 0 Å². The molecule has 0 bridgehead atoms. The molecule has 2 unspecified atom stereocenters. The molecule has 1 aliphatic heterocycles. The molecule has 1 spiro atoms. The highest BCUT2D eigenvalue weighted by atomic mass is 16.5. The molecule has 2 aliphatic rings. The highest BCUT2D eigenvalue weighted by Crippen LogP contribution is 2.41. The Labute approximate surface area is 113 Å². The predicted molar refractivity (Wildman–Crippen MR) is 76.5 cm³/mol. The second-order valence-electron chi connectivity index (χ2n) is 6.98. The summed E-state index contributed by atoms with van der Waals surface area (Å²) in [5.41, 5.74) is 6.65. The second-order valence-corrected chi connectivity index (χ2v) is 6.98. The summed E-state index contributed by atoms with van der Waals surface area (Å²) < 4.78 is 6.16. The minimum absolute atomic E-state index is 0.219. The van der Waals surface area contributed by atoms with E-state index in [9.17, 15) is 0 Å². The molecule has 0 aromatic rings. The fourth-order valence-electron chi connectivity index (χ4n) is 3.74. The van der Waals surface area contributed by atoms with Gasteiger partial charge in [0.05, 0.1) is 5.60 Å². The lowest BCUT2D eigenvalue weighted by molar-refractivity contribution is -0.120. The van der Waals surface area contributed by atoms with Gasteiger partial charge in [0.2, 0.25) is 0 Å². The summed E-state index contributed by atoms with van der Waals surface area (Å²) in [5.74, 6) is 1.48. The minimum Gasteiger partial charge on any atom is -0.375 e. The molecule has 0 aromatic carbocycles. The number of nitrogens with two attached hydrogens (primary N) is 1. The monoisotopic (exact) mass is 253 g/mol. The zero-order chi connectivity index (χ0) is 13.0. The maximum absolute atomic E-state index is 6.43. The van der Waals surface area contributed by atoms with E-state index >= 15 is 0 Å². The van der Waals surface area contributed by atoms with E-state index in [4.69, 9.17) is 10.5 Å². The van der Waals surface area contributed by atoms with E-state index in [-0.39, 0.29) is 5.60 Å². The van der Waals surface area contributed by atoms with Crippen molar-refractivity contribution in [2.75, 3.05) is 6.61 Å². The third kappa shape index (κ3) is 3.71. The van der Waals surface area contributed by atoms with Crippen LogP contribution >= 0.6 is 0 Å². The van der Waals surface area contributed by atoms with Crippen LogP contribution in [-0.4, -0.2) is 18.2 Å². The molecule has 1 aliphatic carbocycles. The molecule has 2 atom stereocenters. The van der Waals surface area contributed by atoms with Crippen LogP contribution in [0.3, 0.4) is 0 Å². The van der Waals surface area contributed by atoms with Crippen molar-refractivity contribution in [3.63, 3.8) is 0 Å². The van der Waals surface area contributed by atoms with E-state index in [0.717, 1.165) is 12.5 Å². The van der Waals surface area contributed by atoms with Crippen LogP contribution in [0.2, 0.25) is 0 Å². The number of rotatable bonds is 4. The van der Waals surface area contributed by atoms with Crippen LogP contribution in [-0.2, 0) is 4.74 Å². The highest BCUT2D eigenvalue weighted by Gasteiger charge is 2.39. The van der Waals surface area contributed by atoms with Crippen molar-refractivity contribution in [3.8, 4) is 0 Å². The molecule has 106 valence electrons. The Morgan fingerprint density at radius 2 is 1.89 bits per heavy atom. The molecule has 1 saturated carbocycles. The van der Waals surface area contributed by atoms with Gasteiger partial charge < -0.3 is 10.5 Å². The lowest BCUT2D eigenvalue weighted by atomic mass is 9.73. The van der Waals surface area contributed by atoms with Crippen LogP contribution in [0.1, 0.15) is 71.6 Å². The summed E-state index contributed by atoms with van der Waals surface area (Å²) in [5, 5.41) is 0. The van der Waals surface area contributed by atoms with Gasteiger partial charge in [0.15, 0.2) is 0 Å². The third-order valence-corrected chi connectivity index (χ3v) is 4.98. The summed E-state index contributed by atoms with van der Waals surface area (Å²) in [7, 11) is 0. The molecule has 2 N–H and O–H groups in total. The molecule has 2 heteroatoms. The van der Waals surface area contributed by atoms with Gasteiger partial charge in [-0.3, -0.25) is 0 Å². The molecule has 0 amide bonds. The Bertz CT molecular complexity index is 240. The van der Waals surface area contributed by atoms with Gasteiger partial charge >= 0.3 is 0 Å². The van der Waals surface area contributed by atoms with Gasteiger partial charge in [0.25, 0.3) is 0 Å². The summed E-state index contributed by atoms with van der Waals surface area (Å²) >= 11 is 0. The normalized spacial score (nSPS) is 29.7. The Morgan fingerprint density at radius 1 is 1.17 bits per heavy atom. The first kappa shape index (κ1) is 14.3. The van der Waals surface area contributed by atoms with Gasteiger partial charge in [-0.2, -0.15) is 0 Å². The SMILES string of the molecule is CC(C)CCC(N)C1CCOC2(CCCCC2)C1. The summed E-state index contributed by atoms with van der Waals surface area (Å²) in [4.78, 5) is 0. The van der Waals surface area contributed by atoms with E-state index in [1.54, 1.807) is 0 Å². The van der Waals surface area contributed by atoms with Gasteiger partial charge in [0.1, 0.15) is 0 Å². The average Bonchev–Trinajstić information content (AvgIpc) is 2.37. The Morgan fingerprint density at radius 3 is 2.56 bits per heavy atom. The molecule has 2 fully saturated rings. The van der Waals surface area contributed by atoms with Crippen molar-refractivity contribution in [2.45, 2.75) is 83.3 Å². The average molecular weight is 253 g/mol. The topological polar surface area (TPSA) is 35.2 Å². The number of hydrogen-bond donors (Lipinski definition) is 1. The quantitative estimate of drug-likeness (QED) is 0.825. The molecule has 2 rings (SSSR count). The Hall–Kier alpha value is -0.0800. The molecular weight excluding hydrogens is 222 g/mol. The van der Waals surface area contributed by atoms with Crippen molar-refractivity contribution in [2.24, 2.45) is 17.6 Å². The molecular formula is C16H31NO. The number of hydrogen-bond acceptors (Lipinski definition) is 2. The summed E-state index contributed by atoms with van der Waals surface area (Å²) in [6, 6.07) is 0.398. The molecule has 1 heterocycles. The van der Waals surface area contributed by atoms with Crippen molar-refractivity contribution < 1.29 is 4.74 Å². The largest absolute Gasteiger partial charge is 0.375 e. The lowest BCUT2D eigenvalue weighted by Crippen LogP contribution is -2.46. The van der Waals surface area contributed by atoms with E-state index in [2.05, 4.69) is 13.8 Å². The first-order chi connectivity index (χ1) is 8.61. The van der Waals surface area contributed by atoms with Gasteiger partial charge in [0, 0.05) is 12.6 Å². The van der Waals surface area contributed by atoms with Crippen LogP contribution in [0.15, 0.2) is 0 Å². The number of ether oxygens (including phenoxy) is 1. The van der Waals surface area contributed by atoms with Gasteiger partial charge in [-0.15, -0.1) is 0 Å². The fourth-order valence-corrected chi connectivity index (χ4v) is 3.74. The van der Waals surface area contributed by atoms with E-state index in [1.807, 2.05) is 0 Å². The van der Waals surface area contributed by atoms with Crippen molar-refractivity contribution in [3.05, 3.63) is 0 Å². The van der Waals surface area contributed by atoms with Crippen LogP contribution in [0, 0.1) is 11.8 Å². The fraction of sp³-hybridized carbons (Fsp3) is 1.00. The smallest absolute Gasteiger partial charge is 0.0685 e. The van der Waals surface area contributed by atoms with Gasteiger partial charge in [-0.1, -0.05) is 33.1 Å². The zero-order valence-corrected chi connectivity index (χ0v) is 12.3. The first-order valence-corrected chi connectivity index (χ1v) is 8.01. The first-order valence-electron chi connectivity index (χ1n) is 8.01. The standard InChI is InChI=1S/C16H31NO/c1-13(2)6-7-15(17)14-8-11-18-16(12-14)9-4-3-5-10-16/h13-15H,3-12,17H2,1-2H3. The van der Waals surface area contributed by atoms with E-state index in [1.165, 1.54) is 57.8 Å². The molecule has 0 aromatic heterocycles. The predicted octanol–water partition coefficient (Wildman–Crippen LogP) is 3.88. The maximum Gasteiger partial charge on any atom is 0.0685 e. The third-order valence-electron chi connectivity index (χ3n) is 4.98. The second kappa shape index (κ2) is 6.38. The zero-order valence-electron chi connectivity index (χ0n) is 12.3. The minimum atomic E-state index is 0.219. The summed E-state index contributed by atoms with van der Waals surface area (Å²) in [6.45, 7) is 5.53. The maximum atomic E-state index is 6.43. The lowest BCUT2D eigenvalue weighted by Gasteiger charge is -2.45. The molecule has 18 heavy (non-hydrogen) atoms. The highest BCUT2D eigenvalue weighted by molar-refractivity contribution is 4.92. The van der Waals surface area contributed by atoms with Crippen LogP contribution in [0.4, 0.5) is 0 Å². The van der Waals surface area contributed by atoms with Crippen LogP contribution in [0.5, 0.6) is 0 Å². The van der Waals surface area contributed by atoms with Crippen LogP contribution in [0.25, 0.3) is 0 Å². The molecule has 1 saturated heterocycles. The van der Waals surface area contributed by atoms with Gasteiger partial charge in [-0.05, 0) is 50.4 Å². The van der Waals surface area contributed by atoms with Crippen molar-refractivity contribution in [1.82, 2.24) is 0 Å². The molecule has 2 nitrogen and oxygen atoms in total. The Kier molecular flexibility index (Phi) is 5.08. The van der Waals surface area contributed by atoms with Gasteiger partial charge in [-0.25, -0.2) is 0 Å². The van der Waals surface area contributed by atoms with Crippen molar-refractivity contribution in [1.29, 1.82) is 0 Å².